The number of aliphatic hydroxyl groups excluding tert-OH is 1. The van der Waals surface area contributed by atoms with Crippen LogP contribution in [0.25, 0.3) is 11.0 Å². The number of aromatic amines is 1. The summed E-state index contributed by atoms with van der Waals surface area (Å²) in [5, 5.41) is 10.5. The molecule has 0 saturated heterocycles. The molecule has 27 heavy (non-hydrogen) atoms. The Hall–Kier alpha value is -3.41. The van der Waals surface area contributed by atoms with Crippen LogP contribution in [0.2, 0.25) is 0 Å². The van der Waals surface area contributed by atoms with Gasteiger partial charge in [-0.2, -0.15) is 0 Å². The van der Waals surface area contributed by atoms with Crippen LogP contribution in [-0.4, -0.2) is 26.8 Å². The van der Waals surface area contributed by atoms with Crippen LogP contribution >= 0.6 is 0 Å². The monoisotopic (exact) mass is 361 g/mol. The summed E-state index contributed by atoms with van der Waals surface area (Å²) in [4.78, 5) is 34.7. The second-order valence-electron chi connectivity index (χ2n) is 6.85. The topological polar surface area (TPSA) is 86.3 Å². The van der Waals surface area contributed by atoms with Crippen molar-refractivity contribution in [3.8, 4) is 0 Å². The standard InChI is InChI=1S/C21H19N3O3/c1-12(2)18(25)16-17(13-8-4-3-5-9-13)24(20(27)19(16)26)21-22-14-10-6-7-11-15(14)23-21/h3-12,17,26H,1-2H3,(H,22,23). The van der Waals surface area contributed by atoms with Crippen LogP contribution in [0.3, 0.4) is 0 Å². The molecule has 1 aliphatic rings. The third kappa shape index (κ3) is 2.70. The molecule has 2 N–H and O–H groups in total. The maximum Gasteiger partial charge on any atom is 0.296 e. The van der Waals surface area contributed by atoms with E-state index in [9.17, 15) is 14.7 Å². The molecule has 4 rings (SSSR count). The molecule has 6 nitrogen and oxygen atoms in total. The maximum atomic E-state index is 12.9. The minimum absolute atomic E-state index is 0.113. The molecular formula is C21H19N3O3. The first kappa shape index (κ1) is 17.0. The third-order valence-corrected chi connectivity index (χ3v) is 4.72. The van der Waals surface area contributed by atoms with Crippen molar-refractivity contribution in [2.24, 2.45) is 5.92 Å². The Balaban J connectivity index is 1.90. The number of nitrogens with zero attached hydrogens (tertiary/aromatic N) is 2. The quantitative estimate of drug-likeness (QED) is 0.742. The minimum atomic E-state index is -0.728. The number of hydrogen-bond acceptors (Lipinski definition) is 4. The number of hydrogen-bond donors (Lipinski definition) is 2. The molecule has 3 aromatic rings. The minimum Gasteiger partial charge on any atom is -0.503 e. The number of fused-ring (bicyclic) bond motifs is 1. The van der Waals surface area contributed by atoms with E-state index in [-0.39, 0.29) is 17.3 Å². The Morgan fingerprint density at radius 3 is 2.44 bits per heavy atom. The lowest BCUT2D eigenvalue weighted by Crippen LogP contribution is -2.32. The summed E-state index contributed by atoms with van der Waals surface area (Å²) in [6.45, 7) is 3.50. The molecule has 2 aromatic carbocycles. The highest BCUT2D eigenvalue weighted by molar-refractivity contribution is 6.16. The summed E-state index contributed by atoms with van der Waals surface area (Å²) in [5.74, 6) is -1.45. The molecule has 2 heterocycles. The summed E-state index contributed by atoms with van der Waals surface area (Å²) in [6, 6.07) is 15.9. The molecule has 0 saturated carbocycles. The molecule has 1 aliphatic heterocycles. The highest BCUT2D eigenvalue weighted by Gasteiger charge is 2.45. The van der Waals surface area contributed by atoms with E-state index >= 15 is 0 Å². The lowest BCUT2D eigenvalue weighted by molar-refractivity contribution is -0.119. The first-order chi connectivity index (χ1) is 13.0. The van der Waals surface area contributed by atoms with Gasteiger partial charge in [-0.05, 0) is 17.7 Å². The van der Waals surface area contributed by atoms with Crippen molar-refractivity contribution in [1.29, 1.82) is 0 Å². The zero-order chi connectivity index (χ0) is 19.1. The van der Waals surface area contributed by atoms with Crippen molar-refractivity contribution in [3.63, 3.8) is 0 Å². The van der Waals surface area contributed by atoms with Gasteiger partial charge >= 0.3 is 0 Å². The Kier molecular flexibility index (Phi) is 4.03. The number of para-hydroxylation sites is 2. The zero-order valence-electron chi connectivity index (χ0n) is 15.0. The second-order valence-corrected chi connectivity index (χ2v) is 6.85. The van der Waals surface area contributed by atoms with Crippen LogP contribution in [0.5, 0.6) is 0 Å². The molecule has 1 amide bonds. The zero-order valence-corrected chi connectivity index (χ0v) is 15.0. The lowest BCUT2D eigenvalue weighted by Gasteiger charge is -2.25. The van der Waals surface area contributed by atoms with Gasteiger partial charge in [-0.1, -0.05) is 56.3 Å². The highest BCUT2D eigenvalue weighted by atomic mass is 16.3. The van der Waals surface area contributed by atoms with Gasteiger partial charge in [-0.3, -0.25) is 14.5 Å². The van der Waals surface area contributed by atoms with Gasteiger partial charge in [-0.15, -0.1) is 0 Å². The number of Topliss-reactive ketones (excluding diaryl/α,β-unsaturated/α-hetero) is 1. The number of aromatic nitrogens is 2. The number of aliphatic hydroxyl groups is 1. The molecule has 0 radical (unpaired) electrons. The number of imidazole rings is 1. The molecule has 0 spiro atoms. The number of nitrogens with one attached hydrogen (secondary N) is 1. The number of carbonyl (C=O) groups excluding carboxylic acids is 2. The molecule has 6 heteroatoms. The number of rotatable bonds is 4. The molecule has 1 atom stereocenters. The van der Waals surface area contributed by atoms with Gasteiger partial charge in [0.15, 0.2) is 11.5 Å². The molecule has 0 bridgehead atoms. The van der Waals surface area contributed by atoms with E-state index < -0.39 is 17.7 Å². The number of ketones is 1. The molecule has 1 unspecified atom stereocenters. The van der Waals surface area contributed by atoms with Crippen molar-refractivity contribution in [2.45, 2.75) is 19.9 Å². The average Bonchev–Trinajstić information content (AvgIpc) is 3.21. The Labute approximate surface area is 156 Å². The summed E-state index contributed by atoms with van der Waals surface area (Å²) in [6.07, 6.45) is 0. The molecule has 0 aliphatic carbocycles. The van der Waals surface area contributed by atoms with Gasteiger partial charge in [-0.25, -0.2) is 4.98 Å². The first-order valence-corrected chi connectivity index (χ1v) is 8.79. The molecular weight excluding hydrogens is 342 g/mol. The van der Waals surface area contributed by atoms with Crippen LogP contribution in [-0.2, 0) is 9.59 Å². The van der Waals surface area contributed by atoms with E-state index in [0.29, 0.717) is 11.5 Å². The fourth-order valence-corrected chi connectivity index (χ4v) is 3.39. The number of amides is 1. The van der Waals surface area contributed by atoms with Crippen LogP contribution in [0.1, 0.15) is 25.5 Å². The number of anilines is 1. The van der Waals surface area contributed by atoms with Gasteiger partial charge in [0.2, 0.25) is 5.95 Å². The fraction of sp³-hybridized carbons (Fsp3) is 0.190. The van der Waals surface area contributed by atoms with Crippen LogP contribution in [0.15, 0.2) is 65.9 Å². The van der Waals surface area contributed by atoms with Gasteiger partial charge in [0.1, 0.15) is 0 Å². The van der Waals surface area contributed by atoms with Crippen molar-refractivity contribution in [3.05, 3.63) is 71.5 Å². The van der Waals surface area contributed by atoms with E-state index in [1.807, 2.05) is 54.6 Å². The average molecular weight is 361 g/mol. The smallest absolute Gasteiger partial charge is 0.296 e. The fourth-order valence-electron chi connectivity index (χ4n) is 3.39. The van der Waals surface area contributed by atoms with E-state index in [1.165, 1.54) is 4.90 Å². The van der Waals surface area contributed by atoms with Crippen LogP contribution < -0.4 is 4.90 Å². The molecule has 136 valence electrons. The first-order valence-electron chi connectivity index (χ1n) is 8.79. The second kappa shape index (κ2) is 6.39. The predicted molar refractivity (Wildman–Crippen MR) is 102 cm³/mol. The van der Waals surface area contributed by atoms with Crippen molar-refractivity contribution >= 4 is 28.7 Å². The Morgan fingerprint density at radius 2 is 1.78 bits per heavy atom. The van der Waals surface area contributed by atoms with E-state index in [1.54, 1.807) is 13.8 Å². The molecule has 1 aromatic heterocycles. The SMILES string of the molecule is CC(C)C(=O)C1=C(O)C(=O)N(c2nc3ccccc3[nH]2)C1c1ccccc1. The van der Waals surface area contributed by atoms with Gasteiger partial charge in [0, 0.05) is 5.92 Å². The highest BCUT2D eigenvalue weighted by Crippen LogP contribution is 2.41. The molecule has 0 fully saturated rings. The van der Waals surface area contributed by atoms with Gasteiger partial charge in [0.05, 0.1) is 22.6 Å². The Morgan fingerprint density at radius 1 is 1.11 bits per heavy atom. The Bertz CT molecular complexity index is 1030. The summed E-state index contributed by atoms with van der Waals surface area (Å²) >= 11 is 0. The van der Waals surface area contributed by atoms with E-state index in [4.69, 9.17) is 0 Å². The maximum absolute atomic E-state index is 12.9. The van der Waals surface area contributed by atoms with Crippen molar-refractivity contribution in [2.75, 3.05) is 4.90 Å². The summed E-state index contributed by atoms with van der Waals surface area (Å²) in [5.41, 5.74) is 2.33. The third-order valence-electron chi connectivity index (χ3n) is 4.72. The normalized spacial score (nSPS) is 17.4. The number of benzene rings is 2. The van der Waals surface area contributed by atoms with Crippen molar-refractivity contribution < 1.29 is 14.7 Å². The van der Waals surface area contributed by atoms with Crippen LogP contribution in [0.4, 0.5) is 5.95 Å². The van der Waals surface area contributed by atoms with Gasteiger partial charge in [0.25, 0.3) is 5.91 Å². The van der Waals surface area contributed by atoms with Crippen LogP contribution in [0, 0.1) is 5.92 Å². The number of H-pyrrole nitrogens is 1. The predicted octanol–water partition coefficient (Wildman–Crippen LogP) is 3.69. The largest absolute Gasteiger partial charge is 0.503 e. The number of carbonyl (C=O) groups is 2. The van der Waals surface area contributed by atoms with E-state index in [2.05, 4.69) is 9.97 Å². The summed E-state index contributed by atoms with van der Waals surface area (Å²) < 4.78 is 0. The summed E-state index contributed by atoms with van der Waals surface area (Å²) in [7, 11) is 0. The van der Waals surface area contributed by atoms with Gasteiger partial charge < -0.3 is 10.1 Å². The van der Waals surface area contributed by atoms with E-state index in [0.717, 1.165) is 11.1 Å². The lowest BCUT2D eigenvalue weighted by atomic mass is 9.91. The van der Waals surface area contributed by atoms with Crippen molar-refractivity contribution in [1.82, 2.24) is 9.97 Å².